The summed E-state index contributed by atoms with van der Waals surface area (Å²) in [6.07, 6.45) is 6.63. The van der Waals surface area contributed by atoms with E-state index >= 15 is 0 Å². The van der Waals surface area contributed by atoms with Crippen molar-refractivity contribution in [1.29, 1.82) is 0 Å². The fraction of sp³-hybridized carbons (Fsp3) is 0.0385. The molecule has 4 heterocycles. The summed E-state index contributed by atoms with van der Waals surface area (Å²) in [5.74, 6) is 2.83. The largest absolute Gasteiger partial charge is 0.331 e. The van der Waals surface area contributed by atoms with Gasteiger partial charge in [0.25, 0.3) is 0 Å². The maximum absolute atomic E-state index is 5.22. The molecule has 3 aromatic heterocycles. The zero-order valence-electron chi connectivity index (χ0n) is 31.3. The van der Waals surface area contributed by atoms with Gasteiger partial charge in [-0.15, -0.1) is 0 Å². The Balaban J connectivity index is 1.01. The highest BCUT2D eigenvalue weighted by atomic mass is 15.2. The number of para-hydroxylation sites is 3. The van der Waals surface area contributed by atoms with Gasteiger partial charge < -0.3 is 4.90 Å². The van der Waals surface area contributed by atoms with E-state index in [1.165, 1.54) is 44.4 Å². The Bertz CT molecular complexity index is 3160. The van der Waals surface area contributed by atoms with Crippen LogP contribution in [-0.4, -0.2) is 24.5 Å². The fourth-order valence-electron chi connectivity index (χ4n) is 9.13. The summed E-state index contributed by atoms with van der Waals surface area (Å²) in [5.41, 5.74) is 10.0. The number of fused-ring (bicyclic) bond motifs is 9. The highest BCUT2D eigenvalue weighted by Gasteiger charge is 2.44. The Kier molecular flexibility index (Phi) is 7.25. The van der Waals surface area contributed by atoms with Crippen LogP contribution in [-0.2, 0) is 0 Å². The second-order valence-corrected chi connectivity index (χ2v) is 15.1. The van der Waals surface area contributed by atoms with Crippen LogP contribution in [0.3, 0.4) is 0 Å². The van der Waals surface area contributed by atoms with Crippen LogP contribution in [0.25, 0.3) is 78.5 Å². The molecule has 2 atom stereocenters. The van der Waals surface area contributed by atoms with Gasteiger partial charge in [0.15, 0.2) is 17.5 Å². The average Bonchev–Trinajstić information content (AvgIpc) is 3.82. The van der Waals surface area contributed by atoms with Crippen molar-refractivity contribution in [3.63, 3.8) is 0 Å². The Labute approximate surface area is 335 Å². The van der Waals surface area contributed by atoms with Gasteiger partial charge in [-0.1, -0.05) is 140 Å². The van der Waals surface area contributed by atoms with Gasteiger partial charge in [0.1, 0.15) is 5.82 Å². The van der Waals surface area contributed by atoms with Gasteiger partial charge >= 0.3 is 0 Å². The Morgan fingerprint density at radius 3 is 1.76 bits per heavy atom. The van der Waals surface area contributed by atoms with E-state index in [0.29, 0.717) is 17.5 Å². The minimum atomic E-state index is 0.0335. The summed E-state index contributed by atoms with van der Waals surface area (Å²) in [6, 6.07) is 62.0. The molecule has 0 fully saturated rings. The molecule has 0 spiro atoms. The Morgan fingerprint density at radius 1 is 0.483 bits per heavy atom. The molecule has 6 nitrogen and oxygen atoms in total. The van der Waals surface area contributed by atoms with Gasteiger partial charge in [0, 0.05) is 51.1 Å². The highest BCUT2D eigenvalue weighted by Crippen LogP contribution is 2.57. The first-order valence-corrected chi connectivity index (χ1v) is 19.7. The molecule has 0 N–H and O–H groups in total. The number of anilines is 2. The zero-order chi connectivity index (χ0) is 38.2. The molecular formula is C52H34N6. The van der Waals surface area contributed by atoms with Crippen molar-refractivity contribution in [1.82, 2.24) is 24.5 Å². The van der Waals surface area contributed by atoms with E-state index in [4.69, 9.17) is 19.9 Å². The SMILES string of the molecule is C1=CC2c3ccccc3N(c3ccccc3)C2c2c1c1ccccc1n2-c1ccc(-c2nc(-c3ccc4ccccc4c3)nc(-c3ccc4ccccc4c3)n2)cn1. The van der Waals surface area contributed by atoms with E-state index in [0.717, 1.165) is 38.8 Å². The molecule has 58 heavy (non-hydrogen) atoms. The molecule has 12 rings (SSSR count). The topological polar surface area (TPSA) is 59.7 Å². The number of aromatic nitrogens is 5. The molecule has 1 aliphatic carbocycles. The molecule has 0 saturated carbocycles. The zero-order valence-corrected chi connectivity index (χ0v) is 31.3. The standard InChI is InChI=1S/C52H34N6/c1-2-16-40(17-3-1)57-45-20-10-8-18-41(45)43-27-28-44-42-19-9-11-21-46(42)58(49(44)48(43)57)47-29-26-39(32-53-47)52-55-50(37-24-22-33-12-4-6-14-35(33)30-37)54-51(56-52)38-25-23-34-13-5-7-15-36(34)31-38/h1-32,43,48H. The molecule has 10 aromatic rings. The smallest absolute Gasteiger partial charge is 0.165 e. The fourth-order valence-corrected chi connectivity index (χ4v) is 9.13. The van der Waals surface area contributed by atoms with Crippen LogP contribution in [0.2, 0.25) is 0 Å². The highest BCUT2D eigenvalue weighted by molar-refractivity contribution is 5.95. The normalized spacial score (nSPS) is 15.5. The van der Waals surface area contributed by atoms with Crippen LogP contribution in [0.5, 0.6) is 0 Å². The summed E-state index contributed by atoms with van der Waals surface area (Å²) in [5, 5.41) is 5.82. The van der Waals surface area contributed by atoms with Gasteiger partial charge in [0.2, 0.25) is 0 Å². The lowest BCUT2D eigenvalue weighted by molar-refractivity contribution is 0.634. The van der Waals surface area contributed by atoms with Gasteiger partial charge in [-0.2, -0.15) is 0 Å². The third-order valence-electron chi connectivity index (χ3n) is 11.8. The number of benzene rings is 7. The van der Waals surface area contributed by atoms with Crippen LogP contribution >= 0.6 is 0 Å². The third kappa shape index (κ3) is 5.12. The molecule has 2 unspecified atom stereocenters. The average molecular weight is 743 g/mol. The number of pyridine rings is 1. The van der Waals surface area contributed by atoms with E-state index < -0.39 is 0 Å². The third-order valence-corrected chi connectivity index (χ3v) is 11.8. The second kappa shape index (κ2) is 12.9. The summed E-state index contributed by atoms with van der Waals surface area (Å²) in [4.78, 5) is 23.0. The first-order chi connectivity index (χ1) is 28.7. The molecule has 0 saturated heterocycles. The number of rotatable bonds is 5. The van der Waals surface area contributed by atoms with E-state index in [1.54, 1.807) is 0 Å². The maximum atomic E-state index is 5.22. The van der Waals surface area contributed by atoms with Crippen molar-refractivity contribution in [3.05, 3.63) is 205 Å². The van der Waals surface area contributed by atoms with Crippen LogP contribution in [0.1, 0.15) is 28.8 Å². The molecule has 0 radical (unpaired) electrons. The lowest BCUT2D eigenvalue weighted by Gasteiger charge is -2.33. The minimum absolute atomic E-state index is 0.0335. The predicted octanol–water partition coefficient (Wildman–Crippen LogP) is 12.5. The summed E-state index contributed by atoms with van der Waals surface area (Å²) in [6.45, 7) is 0. The van der Waals surface area contributed by atoms with E-state index in [-0.39, 0.29) is 12.0 Å². The first kappa shape index (κ1) is 32.5. The van der Waals surface area contributed by atoms with Crippen molar-refractivity contribution in [3.8, 4) is 40.0 Å². The Hall–Kier alpha value is -7.70. The molecule has 0 amide bonds. The predicted molar refractivity (Wildman–Crippen MR) is 235 cm³/mol. The number of hydrogen-bond acceptors (Lipinski definition) is 5. The molecule has 2 aliphatic rings. The maximum Gasteiger partial charge on any atom is 0.165 e. The quantitative estimate of drug-likeness (QED) is 0.176. The number of nitrogens with zero attached hydrogens (tertiary/aromatic N) is 6. The molecule has 272 valence electrons. The van der Waals surface area contributed by atoms with Crippen molar-refractivity contribution in [2.45, 2.75) is 12.0 Å². The lowest BCUT2D eigenvalue weighted by atomic mass is 9.86. The molecule has 1 aliphatic heterocycles. The van der Waals surface area contributed by atoms with E-state index in [1.807, 2.05) is 6.20 Å². The lowest BCUT2D eigenvalue weighted by Crippen LogP contribution is -2.26. The van der Waals surface area contributed by atoms with Crippen LogP contribution in [0, 0.1) is 0 Å². The van der Waals surface area contributed by atoms with Gasteiger partial charge in [-0.25, -0.2) is 19.9 Å². The van der Waals surface area contributed by atoms with Crippen molar-refractivity contribution < 1.29 is 0 Å². The Morgan fingerprint density at radius 2 is 1.07 bits per heavy atom. The minimum Gasteiger partial charge on any atom is -0.331 e. The second-order valence-electron chi connectivity index (χ2n) is 15.1. The summed E-state index contributed by atoms with van der Waals surface area (Å²) < 4.78 is 2.37. The van der Waals surface area contributed by atoms with E-state index in [9.17, 15) is 0 Å². The van der Waals surface area contributed by atoms with Crippen molar-refractivity contribution in [2.75, 3.05) is 4.90 Å². The van der Waals surface area contributed by atoms with Gasteiger partial charge in [-0.05, 0) is 75.6 Å². The van der Waals surface area contributed by atoms with Gasteiger partial charge in [0.05, 0.1) is 17.3 Å². The molecular weight excluding hydrogens is 709 g/mol. The van der Waals surface area contributed by atoms with E-state index in [2.05, 4.69) is 198 Å². The monoisotopic (exact) mass is 742 g/mol. The number of hydrogen-bond donors (Lipinski definition) is 0. The van der Waals surface area contributed by atoms with Crippen LogP contribution in [0.4, 0.5) is 11.4 Å². The van der Waals surface area contributed by atoms with Gasteiger partial charge in [-0.3, -0.25) is 4.57 Å². The van der Waals surface area contributed by atoms with Crippen molar-refractivity contribution in [2.24, 2.45) is 0 Å². The van der Waals surface area contributed by atoms with Crippen LogP contribution in [0.15, 0.2) is 188 Å². The van der Waals surface area contributed by atoms with Crippen molar-refractivity contribution >= 4 is 49.9 Å². The summed E-state index contributed by atoms with van der Waals surface area (Å²) >= 11 is 0. The molecule has 7 aromatic carbocycles. The first-order valence-electron chi connectivity index (χ1n) is 19.7. The molecule has 0 bridgehead atoms. The summed E-state index contributed by atoms with van der Waals surface area (Å²) in [7, 11) is 0. The molecule has 6 heteroatoms. The van der Waals surface area contributed by atoms with Crippen LogP contribution < -0.4 is 4.90 Å².